The molecule has 10 rings (SSSR count). The number of hydrogen-bond acceptors (Lipinski definition) is 13. The molecule has 5 aliphatic rings. The number of fused-ring (bicyclic) bond motifs is 3. The van der Waals surface area contributed by atoms with Crippen molar-refractivity contribution in [3.8, 4) is 11.3 Å². The Kier molecular flexibility index (Phi) is 13.0. The number of carbonyl (C=O) groups excluding carboxylic acids is 4. The fourth-order valence-electron chi connectivity index (χ4n) is 10.0. The predicted octanol–water partition coefficient (Wildman–Crippen LogP) is 3.63. The minimum atomic E-state index is -0.929. The van der Waals surface area contributed by atoms with E-state index in [0.717, 1.165) is 72.2 Å². The number of piperazine rings is 1. The highest BCUT2D eigenvalue weighted by atomic mass is 32.1. The van der Waals surface area contributed by atoms with Gasteiger partial charge in [0.25, 0.3) is 11.8 Å². The number of hydrogen-bond donors (Lipinski definition) is 4. The first-order valence-corrected chi connectivity index (χ1v) is 22.7. The van der Waals surface area contributed by atoms with Crippen molar-refractivity contribution in [2.45, 2.75) is 57.0 Å². The number of benzene rings is 2. The number of imide groups is 1. The van der Waals surface area contributed by atoms with Gasteiger partial charge in [-0.1, -0.05) is 6.07 Å². The molecule has 0 radical (unpaired) electrons. The number of aromatic nitrogens is 3. The van der Waals surface area contributed by atoms with Crippen LogP contribution in [0.2, 0.25) is 0 Å². The molecule has 17 nitrogen and oxygen atoms in total. The van der Waals surface area contributed by atoms with Crippen molar-refractivity contribution < 1.29 is 33.4 Å². The van der Waals surface area contributed by atoms with E-state index in [4.69, 9.17) is 9.72 Å². The zero-order chi connectivity index (χ0) is 45.7. The molecule has 2 aromatic carbocycles. The molecule has 0 bridgehead atoms. The number of imidazole rings is 1. The van der Waals surface area contributed by atoms with Crippen LogP contribution in [0.4, 0.5) is 27.3 Å². The minimum Gasteiger partial charge on any atom is -0.387 e. The minimum absolute atomic E-state index is 0. The van der Waals surface area contributed by atoms with Crippen LogP contribution in [0.15, 0.2) is 67.0 Å². The Hall–Kier alpha value is -6.12. The second-order valence-electron chi connectivity index (χ2n) is 18.3. The molecular formula is C48H56FN11O6S. The van der Waals surface area contributed by atoms with Crippen molar-refractivity contribution in [1.82, 2.24) is 39.7 Å². The molecule has 3 fully saturated rings. The van der Waals surface area contributed by atoms with E-state index < -0.39 is 17.6 Å². The van der Waals surface area contributed by atoms with Crippen LogP contribution in [-0.4, -0.2) is 143 Å². The smallest absolute Gasteiger partial charge is 0.255 e. The summed E-state index contributed by atoms with van der Waals surface area (Å²) in [5.41, 5.74) is 7.63. The van der Waals surface area contributed by atoms with E-state index in [2.05, 4.69) is 52.7 Å². The van der Waals surface area contributed by atoms with E-state index >= 15 is 0 Å². The topological polar surface area (TPSA) is 180 Å². The summed E-state index contributed by atoms with van der Waals surface area (Å²) >= 11 is 0. The number of anilines is 4. The van der Waals surface area contributed by atoms with Gasteiger partial charge in [0.05, 0.1) is 53.3 Å². The summed E-state index contributed by atoms with van der Waals surface area (Å²) in [5.74, 6) is -0.800. The number of carbonyl (C=O) groups is 4. The molecule has 1 atom stereocenters. The van der Waals surface area contributed by atoms with Crippen LogP contribution in [0.5, 0.6) is 0 Å². The van der Waals surface area contributed by atoms with Crippen LogP contribution in [0, 0.1) is 5.82 Å². The van der Waals surface area contributed by atoms with Crippen LogP contribution < -0.4 is 25.8 Å². The van der Waals surface area contributed by atoms with E-state index in [-0.39, 0.29) is 50.1 Å². The third-order valence-electron chi connectivity index (χ3n) is 13.6. The number of pyridine rings is 2. The van der Waals surface area contributed by atoms with E-state index in [9.17, 15) is 28.7 Å². The number of nitrogens with one attached hydrogen (secondary N) is 3. The fourth-order valence-corrected chi connectivity index (χ4v) is 10.0. The standard InChI is InChI=1S/C48H54FN11O6.H2S/c1-55(2)28-37-38(7-9-41(53-37)52-36-6-5-34(35-25-51-46(63)44(35)36)40-26-50-42-24-31(49)11-14-59(40)42)58-15-12-48(65,13-16-58)29-66-22-21-56-17-19-57(20-18-56)32-3-4-33-30(23-32)27-60(47(33)64)39-8-10-43(61)54-45(39)62;/h3-7,9,11,14,23-24,26,39,65H,8,10,12-13,15-22,25,27-29H2,1-2H3,(H,51,63)(H,52,53)(H,54,61,62);1H2. The van der Waals surface area contributed by atoms with Crippen molar-refractivity contribution in [3.63, 3.8) is 0 Å². The number of halogens is 1. The van der Waals surface area contributed by atoms with Crippen molar-refractivity contribution >= 4 is 65.7 Å². The van der Waals surface area contributed by atoms with Gasteiger partial charge in [0.2, 0.25) is 11.8 Å². The third-order valence-corrected chi connectivity index (χ3v) is 13.6. The SMILES string of the molecule is CN(C)Cc1nc(Nc2ccc(-c3cnc4cc(F)ccn34)c3c2C(=O)NC3)ccc1N1CCC(O)(COCCN2CCN(c3ccc4c(c3)CN(C3CCC(=O)NC3=O)C4=O)CC2)CC1.S. The number of piperidine rings is 2. The summed E-state index contributed by atoms with van der Waals surface area (Å²) < 4.78 is 21.8. The molecule has 0 aliphatic carbocycles. The Labute approximate surface area is 394 Å². The average Bonchev–Trinajstić information content (AvgIpc) is 4.00. The molecule has 5 aliphatic heterocycles. The largest absolute Gasteiger partial charge is 0.387 e. The van der Waals surface area contributed by atoms with E-state index in [0.29, 0.717) is 86.9 Å². The van der Waals surface area contributed by atoms with Gasteiger partial charge in [0.15, 0.2) is 0 Å². The van der Waals surface area contributed by atoms with Gasteiger partial charge in [-0.2, -0.15) is 13.5 Å². The van der Waals surface area contributed by atoms with Crippen molar-refractivity contribution in [2.75, 3.05) is 88.2 Å². The molecule has 4 N–H and O–H groups in total. The fraction of sp³-hybridized carbons (Fsp3) is 0.417. The predicted molar refractivity (Wildman–Crippen MR) is 255 cm³/mol. The number of amides is 4. The van der Waals surface area contributed by atoms with Gasteiger partial charge in [-0.3, -0.25) is 33.8 Å². The maximum atomic E-state index is 13.9. The molecule has 1 unspecified atom stereocenters. The van der Waals surface area contributed by atoms with Gasteiger partial charge < -0.3 is 40.1 Å². The van der Waals surface area contributed by atoms with Crippen LogP contribution >= 0.6 is 13.5 Å². The van der Waals surface area contributed by atoms with E-state index in [1.807, 2.05) is 48.8 Å². The third kappa shape index (κ3) is 9.30. The van der Waals surface area contributed by atoms with Crippen LogP contribution in [0.25, 0.3) is 16.9 Å². The molecule has 3 aromatic heterocycles. The summed E-state index contributed by atoms with van der Waals surface area (Å²) in [7, 11) is 4.00. The first-order valence-electron chi connectivity index (χ1n) is 22.7. The Bertz CT molecular complexity index is 2730. The molecular weight excluding hydrogens is 878 g/mol. The summed E-state index contributed by atoms with van der Waals surface area (Å²) in [5, 5.41) is 20.3. The van der Waals surface area contributed by atoms with Crippen molar-refractivity contribution in [3.05, 3.63) is 101 Å². The summed E-state index contributed by atoms with van der Waals surface area (Å²) in [6.45, 7) is 7.52. The molecule has 0 spiro atoms. The Morgan fingerprint density at radius 2 is 1.75 bits per heavy atom. The Morgan fingerprint density at radius 3 is 2.52 bits per heavy atom. The average molecular weight is 934 g/mol. The highest BCUT2D eigenvalue weighted by Gasteiger charge is 2.40. The zero-order valence-corrected chi connectivity index (χ0v) is 38.7. The maximum Gasteiger partial charge on any atom is 0.255 e. The first kappa shape index (κ1) is 46.0. The molecule has 3 saturated heterocycles. The number of ether oxygens (including phenoxy) is 1. The van der Waals surface area contributed by atoms with E-state index in [1.165, 1.54) is 12.1 Å². The van der Waals surface area contributed by atoms with Gasteiger partial charge in [0.1, 0.15) is 23.3 Å². The monoisotopic (exact) mass is 933 g/mol. The van der Waals surface area contributed by atoms with Crippen LogP contribution in [-0.2, 0) is 34.0 Å². The summed E-state index contributed by atoms with van der Waals surface area (Å²) in [4.78, 5) is 70.5. The lowest BCUT2D eigenvalue weighted by Crippen LogP contribution is -2.52. The Morgan fingerprint density at radius 1 is 0.955 bits per heavy atom. The van der Waals surface area contributed by atoms with E-state index in [1.54, 1.807) is 17.3 Å². The normalized spacial score (nSPS) is 19.4. The Balaban J connectivity index is 0.00000562. The van der Waals surface area contributed by atoms with Gasteiger partial charge in [-0.25, -0.2) is 14.4 Å². The quantitative estimate of drug-likeness (QED) is 0.0995. The molecule has 5 aromatic rings. The lowest BCUT2D eigenvalue weighted by molar-refractivity contribution is -0.136. The van der Waals surface area contributed by atoms with Crippen LogP contribution in [0.1, 0.15) is 63.2 Å². The number of aliphatic hydroxyl groups is 1. The van der Waals surface area contributed by atoms with Crippen molar-refractivity contribution in [2.24, 2.45) is 0 Å². The maximum absolute atomic E-state index is 13.9. The lowest BCUT2D eigenvalue weighted by atomic mass is 9.92. The molecule has 0 saturated carbocycles. The van der Waals surface area contributed by atoms with Crippen molar-refractivity contribution in [1.29, 1.82) is 0 Å². The molecule has 4 amide bonds. The molecule has 19 heteroatoms. The summed E-state index contributed by atoms with van der Waals surface area (Å²) in [6.07, 6.45) is 5.02. The number of nitrogens with zero attached hydrogens (tertiary/aromatic N) is 8. The second kappa shape index (κ2) is 18.9. The van der Waals surface area contributed by atoms with Gasteiger partial charge in [-0.05, 0) is 86.9 Å². The first-order chi connectivity index (χ1) is 31.9. The lowest BCUT2D eigenvalue weighted by Gasteiger charge is -2.40. The van der Waals surface area contributed by atoms with Gasteiger partial charge >= 0.3 is 0 Å². The molecule has 8 heterocycles. The highest BCUT2D eigenvalue weighted by molar-refractivity contribution is 7.59. The van der Waals surface area contributed by atoms with Crippen LogP contribution in [0.3, 0.4) is 0 Å². The molecule has 67 heavy (non-hydrogen) atoms. The highest BCUT2D eigenvalue weighted by Crippen LogP contribution is 2.37. The van der Waals surface area contributed by atoms with Gasteiger partial charge in [-0.15, -0.1) is 0 Å². The molecule has 352 valence electrons. The second-order valence-corrected chi connectivity index (χ2v) is 18.3. The van der Waals surface area contributed by atoms with Gasteiger partial charge in [0, 0.05) is 101 Å². The zero-order valence-electron chi connectivity index (χ0n) is 37.7. The number of rotatable bonds is 13. The summed E-state index contributed by atoms with van der Waals surface area (Å²) in [6, 6.07) is 15.8.